The first-order valence-electron chi connectivity index (χ1n) is 7.65. The molecule has 1 heterocycles. The Kier molecular flexibility index (Phi) is 5.33. The van der Waals surface area contributed by atoms with Crippen molar-refractivity contribution in [2.24, 2.45) is 0 Å². The number of amides is 1. The lowest BCUT2D eigenvalue weighted by molar-refractivity contribution is 0.103. The molecule has 2 aromatic carbocycles. The lowest BCUT2D eigenvalue weighted by Crippen LogP contribution is -2.11. The summed E-state index contributed by atoms with van der Waals surface area (Å²) >= 11 is 1.03. The molecule has 0 aliphatic heterocycles. The van der Waals surface area contributed by atoms with E-state index >= 15 is 0 Å². The van der Waals surface area contributed by atoms with Gasteiger partial charge in [0.25, 0.3) is 5.91 Å². The zero-order valence-electron chi connectivity index (χ0n) is 14.5. The highest BCUT2D eigenvalue weighted by atomic mass is 32.1. The maximum atomic E-state index is 12.7. The van der Waals surface area contributed by atoms with Crippen LogP contribution in [0.1, 0.15) is 9.67 Å². The molecule has 0 fully saturated rings. The Balaban J connectivity index is 1.86. The largest absolute Gasteiger partial charge is 0.497 e. The Morgan fingerprint density at radius 1 is 0.923 bits per heavy atom. The van der Waals surface area contributed by atoms with Crippen LogP contribution in [-0.2, 0) is 0 Å². The molecule has 1 aromatic heterocycles. The Morgan fingerprint density at radius 2 is 1.54 bits per heavy atom. The normalized spacial score (nSPS) is 10.3. The first kappa shape index (κ1) is 17.7. The van der Waals surface area contributed by atoms with Crippen LogP contribution in [0.5, 0.6) is 17.2 Å². The number of aromatic nitrogens is 2. The van der Waals surface area contributed by atoms with Crippen molar-refractivity contribution in [3.05, 3.63) is 47.3 Å². The number of nitrogens with zero attached hydrogens (tertiary/aromatic N) is 2. The van der Waals surface area contributed by atoms with Crippen molar-refractivity contribution in [2.45, 2.75) is 0 Å². The third-order valence-electron chi connectivity index (χ3n) is 3.67. The van der Waals surface area contributed by atoms with Crippen molar-refractivity contribution >= 4 is 23.1 Å². The summed E-state index contributed by atoms with van der Waals surface area (Å²) in [7, 11) is 4.70. The molecule has 3 rings (SSSR count). The van der Waals surface area contributed by atoms with E-state index in [9.17, 15) is 4.79 Å². The maximum Gasteiger partial charge on any atom is 0.269 e. The highest BCUT2D eigenvalue weighted by Gasteiger charge is 2.18. The number of ether oxygens (including phenoxy) is 3. The Labute approximate surface area is 154 Å². The van der Waals surface area contributed by atoms with E-state index in [1.807, 2.05) is 24.3 Å². The van der Waals surface area contributed by atoms with Gasteiger partial charge in [0, 0.05) is 29.4 Å². The summed E-state index contributed by atoms with van der Waals surface area (Å²) in [5.74, 6) is 1.59. The van der Waals surface area contributed by atoms with Crippen LogP contribution in [0.3, 0.4) is 0 Å². The number of hydrogen-bond donors (Lipinski definition) is 1. The molecule has 3 aromatic rings. The molecule has 26 heavy (non-hydrogen) atoms. The number of benzene rings is 2. The van der Waals surface area contributed by atoms with Crippen molar-refractivity contribution in [2.75, 3.05) is 26.6 Å². The maximum absolute atomic E-state index is 12.7. The summed E-state index contributed by atoms with van der Waals surface area (Å²) in [5.41, 5.74) is 1.86. The van der Waals surface area contributed by atoms with E-state index in [0.29, 0.717) is 27.8 Å². The Hall–Kier alpha value is -3.13. The lowest BCUT2D eigenvalue weighted by atomic mass is 10.1. The number of anilines is 1. The molecule has 0 bridgehead atoms. The van der Waals surface area contributed by atoms with Gasteiger partial charge in [-0.1, -0.05) is 4.49 Å². The van der Waals surface area contributed by atoms with Crippen LogP contribution in [0.25, 0.3) is 11.3 Å². The van der Waals surface area contributed by atoms with Crippen molar-refractivity contribution in [1.29, 1.82) is 0 Å². The van der Waals surface area contributed by atoms with Crippen LogP contribution < -0.4 is 19.5 Å². The van der Waals surface area contributed by atoms with Gasteiger partial charge >= 0.3 is 0 Å². The molecule has 0 saturated heterocycles. The number of methoxy groups -OCH3 is 3. The van der Waals surface area contributed by atoms with Gasteiger partial charge < -0.3 is 19.5 Å². The standard InChI is InChI=1S/C18H17N3O4S/c1-23-13-6-4-11(5-7-13)16-17(26-21-20-16)18(22)19-12-8-14(24-2)10-15(9-12)25-3/h4-10H,1-3H3,(H,19,22). The van der Waals surface area contributed by atoms with Crippen LogP contribution in [0, 0.1) is 0 Å². The second-order valence-electron chi connectivity index (χ2n) is 5.23. The van der Waals surface area contributed by atoms with Gasteiger partial charge in [-0.25, -0.2) is 0 Å². The van der Waals surface area contributed by atoms with Gasteiger partial charge in [-0.2, -0.15) is 0 Å². The van der Waals surface area contributed by atoms with Crippen LogP contribution in [-0.4, -0.2) is 36.8 Å². The molecule has 0 unspecified atom stereocenters. The summed E-state index contributed by atoms with van der Waals surface area (Å²) < 4.78 is 19.5. The summed E-state index contributed by atoms with van der Waals surface area (Å²) in [4.78, 5) is 13.1. The van der Waals surface area contributed by atoms with Crippen molar-refractivity contribution in [1.82, 2.24) is 9.59 Å². The van der Waals surface area contributed by atoms with Crippen molar-refractivity contribution in [3.8, 4) is 28.5 Å². The summed E-state index contributed by atoms with van der Waals surface area (Å²) in [5, 5.41) is 6.92. The van der Waals surface area contributed by atoms with Gasteiger partial charge in [-0.05, 0) is 35.8 Å². The molecule has 0 radical (unpaired) electrons. The number of rotatable bonds is 6. The summed E-state index contributed by atoms with van der Waals surface area (Å²) in [6.07, 6.45) is 0. The topological polar surface area (TPSA) is 82.6 Å². The molecule has 134 valence electrons. The molecule has 0 atom stereocenters. The number of carbonyl (C=O) groups is 1. The first-order valence-corrected chi connectivity index (χ1v) is 8.43. The zero-order chi connectivity index (χ0) is 18.5. The summed E-state index contributed by atoms with van der Waals surface area (Å²) in [6.45, 7) is 0. The summed E-state index contributed by atoms with van der Waals surface area (Å²) in [6, 6.07) is 12.4. The van der Waals surface area contributed by atoms with Crippen LogP contribution >= 0.6 is 11.5 Å². The molecule has 0 aliphatic rings. The smallest absolute Gasteiger partial charge is 0.269 e. The molecule has 1 amide bonds. The quantitative estimate of drug-likeness (QED) is 0.714. The van der Waals surface area contributed by atoms with Gasteiger partial charge in [-0.3, -0.25) is 4.79 Å². The fraction of sp³-hybridized carbons (Fsp3) is 0.167. The van der Waals surface area contributed by atoms with E-state index in [1.54, 1.807) is 39.5 Å². The van der Waals surface area contributed by atoms with E-state index in [2.05, 4.69) is 14.9 Å². The minimum Gasteiger partial charge on any atom is -0.497 e. The van der Waals surface area contributed by atoms with Gasteiger partial charge in [-0.15, -0.1) is 5.10 Å². The van der Waals surface area contributed by atoms with Crippen LogP contribution in [0.15, 0.2) is 42.5 Å². The van der Waals surface area contributed by atoms with Gasteiger partial charge in [0.15, 0.2) is 0 Å². The van der Waals surface area contributed by atoms with E-state index in [1.165, 1.54) is 0 Å². The van der Waals surface area contributed by atoms with Crippen molar-refractivity contribution < 1.29 is 19.0 Å². The number of nitrogens with one attached hydrogen (secondary N) is 1. The Bertz CT molecular complexity index is 887. The highest BCUT2D eigenvalue weighted by molar-refractivity contribution is 7.08. The molecular formula is C18H17N3O4S. The fourth-order valence-corrected chi connectivity index (χ4v) is 2.93. The van der Waals surface area contributed by atoms with E-state index in [0.717, 1.165) is 22.8 Å². The van der Waals surface area contributed by atoms with E-state index in [4.69, 9.17) is 14.2 Å². The molecule has 0 spiro atoms. The molecule has 0 aliphatic carbocycles. The van der Waals surface area contributed by atoms with Gasteiger partial charge in [0.2, 0.25) is 0 Å². The molecule has 8 heteroatoms. The number of hydrogen-bond acceptors (Lipinski definition) is 7. The molecule has 1 N–H and O–H groups in total. The number of carbonyl (C=O) groups excluding carboxylic acids is 1. The average Bonchev–Trinajstić information content (AvgIpc) is 3.17. The predicted molar refractivity (Wildman–Crippen MR) is 99.4 cm³/mol. The van der Waals surface area contributed by atoms with Crippen LogP contribution in [0.2, 0.25) is 0 Å². The van der Waals surface area contributed by atoms with E-state index in [-0.39, 0.29) is 5.91 Å². The zero-order valence-corrected chi connectivity index (χ0v) is 15.3. The van der Waals surface area contributed by atoms with Crippen molar-refractivity contribution in [3.63, 3.8) is 0 Å². The SMILES string of the molecule is COc1ccc(-c2nnsc2C(=O)Nc2cc(OC)cc(OC)c2)cc1. The van der Waals surface area contributed by atoms with Gasteiger partial charge in [0.1, 0.15) is 27.8 Å². The highest BCUT2D eigenvalue weighted by Crippen LogP contribution is 2.29. The lowest BCUT2D eigenvalue weighted by Gasteiger charge is -2.09. The van der Waals surface area contributed by atoms with Crippen LogP contribution in [0.4, 0.5) is 5.69 Å². The van der Waals surface area contributed by atoms with Gasteiger partial charge in [0.05, 0.1) is 21.3 Å². The third-order valence-corrected chi connectivity index (χ3v) is 4.39. The average molecular weight is 371 g/mol. The monoisotopic (exact) mass is 371 g/mol. The third kappa shape index (κ3) is 3.75. The fourth-order valence-electron chi connectivity index (χ4n) is 2.34. The van der Waals surface area contributed by atoms with E-state index < -0.39 is 0 Å². The minimum absolute atomic E-state index is 0.305. The second kappa shape index (κ2) is 7.83. The molecule has 0 saturated carbocycles. The second-order valence-corrected chi connectivity index (χ2v) is 5.99. The molecular weight excluding hydrogens is 354 g/mol. The molecule has 7 nitrogen and oxygen atoms in total. The predicted octanol–water partition coefficient (Wildman–Crippen LogP) is 3.48. The first-order chi connectivity index (χ1) is 12.6. The Morgan fingerprint density at radius 3 is 2.12 bits per heavy atom. The minimum atomic E-state index is -0.305.